The van der Waals surface area contributed by atoms with Crippen LogP contribution in [0.25, 0.3) is 0 Å². The largest absolute Gasteiger partial charge is 0.494 e. The monoisotopic (exact) mass is 314 g/mol. The molecule has 0 unspecified atom stereocenters. The van der Waals surface area contributed by atoms with Crippen LogP contribution < -0.4 is 9.57 Å². The molecule has 0 spiro atoms. The van der Waals surface area contributed by atoms with Crippen LogP contribution in [0.5, 0.6) is 5.75 Å². The number of hydrazine groups is 1. The van der Waals surface area contributed by atoms with Crippen molar-refractivity contribution in [2.75, 3.05) is 19.7 Å². The Balaban J connectivity index is 2.18. The van der Waals surface area contributed by atoms with Crippen LogP contribution in [0, 0.1) is 0 Å². The SMILES string of the molecule is CCOc1ccc(S(=O)(=O)NN2CCCCC2)cc1CO. The molecule has 0 bridgehead atoms. The third kappa shape index (κ3) is 4.16. The van der Waals surface area contributed by atoms with E-state index >= 15 is 0 Å². The van der Waals surface area contributed by atoms with Gasteiger partial charge in [0.25, 0.3) is 10.0 Å². The molecule has 0 atom stereocenters. The second-order valence-electron chi connectivity index (χ2n) is 5.00. The Kier molecular flexibility index (Phi) is 5.58. The number of sulfonamides is 1. The molecule has 1 heterocycles. The van der Waals surface area contributed by atoms with Gasteiger partial charge in [-0.05, 0) is 38.0 Å². The second-order valence-corrected chi connectivity index (χ2v) is 6.66. The summed E-state index contributed by atoms with van der Waals surface area (Å²) in [6, 6.07) is 4.54. The number of nitrogens with one attached hydrogen (secondary N) is 1. The standard InChI is InChI=1S/C14H22N2O4S/c1-2-20-14-7-6-13(10-12(14)11-17)21(18,19)15-16-8-4-3-5-9-16/h6-7,10,15,17H,2-5,8-9,11H2,1H3. The van der Waals surface area contributed by atoms with Crippen molar-refractivity contribution in [3.63, 3.8) is 0 Å². The Morgan fingerprint density at radius 2 is 2.00 bits per heavy atom. The second kappa shape index (κ2) is 7.22. The fraction of sp³-hybridized carbons (Fsp3) is 0.571. The molecular weight excluding hydrogens is 292 g/mol. The lowest BCUT2D eigenvalue weighted by Gasteiger charge is -2.26. The maximum atomic E-state index is 12.4. The molecule has 0 aliphatic carbocycles. The zero-order valence-corrected chi connectivity index (χ0v) is 13.0. The lowest BCUT2D eigenvalue weighted by molar-refractivity contribution is 0.200. The molecule has 1 aromatic rings. The van der Waals surface area contributed by atoms with E-state index in [1.165, 1.54) is 12.1 Å². The van der Waals surface area contributed by atoms with Crippen LogP contribution in [-0.4, -0.2) is 38.2 Å². The Morgan fingerprint density at radius 1 is 1.29 bits per heavy atom. The van der Waals surface area contributed by atoms with Crippen LogP contribution >= 0.6 is 0 Å². The van der Waals surface area contributed by atoms with Crippen molar-refractivity contribution in [3.05, 3.63) is 23.8 Å². The lowest BCUT2D eigenvalue weighted by Crippen LogP contribution is -2.44. The summed E-state index contributed by atoms with van der Waals surface area (Å²) in [6.45, 7) is 3.49. The summed E-state index contributed by atoms with van der Waals surface area (Å²) in [5.41, 5.74) is 0.471. The van der Waals surface area contributed by atoms with Crippen LogP contribution in [0.4, 0.5) is 0 Å². The summed E-state index contributed by atoms with van der Waals surface area (Å²) in [5.74, 6) is 0.511. The lowest BCUT2D eigenvalue weighted by atomic mass is 10.2. The molecule has 0 radical (unpaired) electrons. The van der Waals surface area contributed by atoms with Gasteiger partial charge in [0.1, 0.15) is 5.75 Å². The van der Waals surface area contributed by atoms with Gasteiger partial charge < -0.3 is 9.84 Å². The van der Waals surface area contributed by atoms with Gasteiger partial charge in [-0.2, -0.15) is 0 Å². The van der Waals surface area contributed by atoms with E-state index in [2.05, 4.69) is 4.83 Å². The molecule has 1 aliphatic rings. The highest BCUT2D eigenvalue weighted by Crippen LogP contribution is 2.23. The molecule has 1 aliphatic heterocycles. The van der Waals surface area contributed by atoms with E-state index in [1.807, 2.05) is 6.92 Å². The third-order valence-electron chi connectivity index (χ3n) is 3.42. The predicted molar refractivity (Wildman–Crippen MR) is 79.3 cm³/mol. The molecule has 0 amide bonds. The zero-order chi connectivity index (χ0) is 15.3. The first kappa shape index (κ1) is 16.2. The van der Waals surface area contributed by atoms with Crippen LogP contribution in [-0.2, 0) is 16.6 Å². The van der Waals surface area contributed by atoms with Gasteiger partial charge in [0.15, 0.2) is 0 Å². The minimum atomic E-state index is -3.61. The Labute approximate surface area is 125 Å². The average Bonchev–Trinajstić information content (AvgIpc) is 2.48. The van der Waals surface area contributed by atoms with Gasteiger partial charge in [-0.15, -0.1) is 4.83 Å². The number of aliphatic hydroxyl groups excluding tert-OH is 1. The van der Waals surface area contributed by atoms with Crippen molar-refractivity contribution in [1.29, 1.82) is 0 Å². The van der Waals surface area contributed by atoms with Crippen molar-refractivity contribution < 1.29 is 18.3 Å². The van der Waals surface area contributed by atoms with Gasteiger partial charge in [0.05, 0.1) is 18.1 Å². The Bertz CT molecular complexity index is 568. The fourth-order valence-electron chi connectivity index (χ4n) is 2.35. The molecular formula is C14H22N2O4S. The van der Waals surface area contributed by atoms with E-state index in [0.29, 0.717) is 17.9 Å². The van der Waals surface area contributed by atoms with Crippen molar-refractivity contribution in [1.82, 2.24) is 9.84 Å². The Morgan fingerprint density at radius 3 is 2.62 bits per heavy atom. The number of ether oxygens (including phenoxy) is 1. The minimum absolute atomic E-state index is 0.139. The van der Waals surface area contributed by atoms with Gasteiger partial charge >= 0.3 is 0 Å². The fourth-order valence-corrected chi connectivity index (χ4v) is 3.52. The molecule has 1 saturated heterocycles. The number of nitrogens with zero attached hydrogens (tertiary/aromatic N) is 1. The summed E-state index contributed by atoms with van der Waals surface area (Å²) < 4.78 is 30.1. The summed E-state index contributed by atoms with van der Waals surface area (Å²) in [6.07, 6.45) is 3.12. The summed E-state index contributed by atoms with van der Waals surface area (Å²) in [7, 11) is -3.61. The average molecular weight is 314 g/mol. The van der Waals surface area contributed by atoms with E-state index in [-0.39, 0.29) is 11.5 Å². The number of hydrogen-bond donors (Lipinski definition) is 2. The van der Waals surface area contributed by atoms with Crippen molar-refractivity contribution in [2.45, 2.75) is 37.7 Å². The molecule has 0 saturated carbocycles. The highest BCUT2D eigenvalue weighted by atomic mass is 32.2. The van der Waals surface area contributed by atoms with E-state index in [1.54, 1.807) is 11.1 Å². The van der Waals surface area contributed by atoms with Crippen LogP contribution in [0.15, 0.2) is 23.1 Å². The smallest absolute Gasteiger partial charge is 0.253 e. The number of piperidine rings is 1. The molecule has 2 N–H and O–H groups in total. The van der Waals surface area contributed by atoms with Crippen molar-refractivity contribution in [2.24, 2.45) is 0 Å². The zero-order valence-electron chi connectivity index (χ0n) is 12.2. The number of benzene rings is 1. The Hall–Kier alpha value is -1.15. The van der Waals surface area contributed by atoms with Crippen molar-refractivity contribution in [3.8, 4) is 5.75 Å². The normalized spacial score (nSPS) is 16.9. The topological polar surface area (TPSA) is 78.9 Å². The maximum absolute atomic E-state index is 12.4. The molecule has 7 heteroatoms. The molecule has 2 rings (SSSR count). The molecule has 21 heavy (non-hydrogen) atoms. The quantitative estimate of drug-likeness (QED) is 0.826. The number of rotatable bonds is 6. The van der Waals surface area contributed by atoms with Gasteiger partial charge in [-0.1, -0.05) is 6.42 Å². The van der Waals surface area contributed by atoms with Crippen LogP contribution in [0.2, 0.25) is 0 Å². The number of aliphatic hydroxyl groups is 1. The van der Waals surface area contributed by atoms with E-state index < -0.39 is 10.0 Å². The van der Waals surface area contributed by atoms with Crippen LogP contribution in [0.1, 0.15) is 31.7 Å². The summed E-state index contributed by atoms with van der Waals surface area (Å²) in [4.78, 5) is 2.74. The first-order chi connectivity index (χ1) is 10.1. The highest BCUT2D eigenvalue weighted by Gasteiger charge is 2.21. The molecule has 1 aromatic carbocycles. The third-order valence-corrected chi connectivity index (χ3v) is 4.79. The van der Waals surface area contributed by atoms with Gasteiger partial charge in [0, 0.05) is 18.7 Å². The van der Waals surface area contributed by atoms with Gasteiger partial charge in [0.2, 0.25) is 0 Å². The first-order valence-corrected chi connectivity index (χ1v) is 8.69. The molecule has 118 valence electrons. The first-order valence-electron chi connectivity index (χ1n) is 7.21. The predicted octanol–water partition coefficient (Wildman–Crippen LogP) is 1.26. The minimum Gasteiger partial charge on any atom is -0.494 e. The van der Waals surface area contributed by atoms with Gasteiger partial charge in [-0.3, -0.25) is 0 Å². The van der Waals surface area contributed by atoms with E-state index in [0.717, 1.165) is 32.4 Å². The number of hydrogen-bond acceptors (Lipinski definition) is 5. The van der Waals surface area contributed by atoms with Crippen LogP contribution in [0.3, 0.4) is 0 Å². The highest BCUT2D eigenvalue weighted by molar-refractivity contribution is 7.89. The van der Waals surface area contributed by atoms with E-state index in [9.17, 15) is 13.5 Å². The van der Waals surface area contributed by atoms with E-state index in [4.69, 9.17) is 4.74 Å². The maximum Gasteiger partial charge on any atom is 0.253 e. The molecule has 6 nitrogen and oxygen atoms in total. The van der Waals surface area contributed by atoms with Gasteiger partial charge in [-0.25, -0.2) is 13.4 Å². The molecule has 0 aromatic heterocycles. The molecule has 1 fully saturated rings. The summed E-state index contributed by atoms with van der Waals surface area (Å²) in [5, 5.41) is 11.1. The summed E-state index contributed by atoms with van der Waals surface area (Å²) >= 11 is 0. The van der Waals surface area contributed by atoms with Crippen molar-refractivity contribution >= 4 is 10.0 Å².